The number of rotatable bonds is 4. The lowest BCUT2D eigenvalue weighted by Gasteiger charge is -2.11. The van der Waals surface area contributed by atoms with Crippen molar-refractivity contribution in [2.75, 3.05) is 12.5 Å². The highest BCUT2D eigenvalue weighted by Gasteiger charge is 2.25. The molecule has 0 bridgehead atoms. The van der Waals surface area contributed by atoms with Gasteiger partial charge < -0.3 is 13.4 Å². The summed E-state index contributed by atoms with van der Waals surface area (Å²) in [7, 11) is -8.26. The van der Waals surface area contributed by atoms with E-state index in [1.54, 1.807) is 13.0 Å². The quantitative estimate of drug-likeness (QED) is 0.608. The molecule has 0 radical (unpaired) electrons. The van der Waals surface area contributed by atoms with Crippen molar-refractivity contribution in [3.63, 3.8) is 0 Å². The van der Waals surface area contributed by atoms with Crippen molar-refractivity contribution in [3.05, 3.63) is 41.2 Å². The largest absolute Gasteiger partial charge is 0.354 e. The van der Waals surface area contributed by atoms with Gasteiger partial charge in [-0.15, -0.1) is 0 Å². The van der Waals surface area contributed by atoms with Gasteiger partial charge in [-0.1, -0.05) is 12.1 Å². The third-order valence-electron chi connectivity index (χ3n) is 3.63. The van der Waals surface area contributed by atoms with E-state index >= 15 is 0 Å². The van der Waals surface area contributed by atoms with Crippen LogP contribution in [0.2, 0.25) is 0 Å². The van der Waals surface area contributed by atoms with Crippen LogP contribution in [-0.4, -0.2) is 51.3 Å². The molecule has 1 aromatic heterocycles. The van der Waals surface area contributed by atoms with E-state index in [-0.39, 0.29) is 16.5 Å². The lowest BCUT2D eigenvalue weighted by atomic mass is 9.98. The molecule has 1 N–H and O–H groups in total. The summed E-state index contributed by atoms with van der Waals surface area (Å²) in [5.41, 5.74) is 0.273. The summed E-state index contributed by atoms with van der Waals surface area (Å²) in [5, 5.41) is 0.308. The SMILES string of the molecule is Cc1nc2cc(C(=O)OS(C)(=O)=O)c3c(C(=O)OS(C)(=O)=O)cccc3c2[nH]1. The monoisotopic (exact) mass is 426 g/mol. The molecule has 0 atom stereocenters. The number of nitrogens with zero attached hydrogens (tertiary/aromatic N) is 1. The van der Waals surface area contributed by atoms with E-state index in [0.717, 1.165) is 0 Å². The van der Waals surface area contributed by atoms with Crippen LogP contribution in [0.1, 0.15) is 26.5 Å². The minimum absolute atomic E-state index is 0.0269. The average Bonchev–Trinajstić information content (AvgIpc) is 2.90. The van der Waals surface area contributed by atoms with E-state index in [4.69, 9.17) is 0 Å². The van der Waals surface area contributed by atoms with Gasteiger partial charge in [0.05, 0.1) is 34.7 Å². The van der Waals surface area contributed by atoms with Gasteiger partial charge in [0.25, 0.3) is 0 Å². The molecule has 0 amide bonds. The molecule has 0 saturated heterocycles. The number of imidazole rings is 1. The smallest absolute Gasteiger partial charge is 0.342 e. The highest BCUT2D eigenvalue weighted by atomic mass is 32.2. The maximum atomic E-state index is 12.5. The minimum Gasteiger partial charge on any atom is -0.342 e. The summed E-state index contributed by atoms with van der Waals surface area (Å²) >= 11 is 0. The molecule has 1 heterocycles. The van der Waals surface area contributed by atoms with Crippen LogP contribution < -0.4 is 0 Å². The second kappa shape index (κ2) is 6.56. The first kappa shape index (κ1) is 19.8. The Labute approximate surface area is 159 Å². The average molecular weight is 426 g/mol. The predicted octanol–water partition coefficient (Wildman–Crippen LogP) is 1.26. The number of aromatic nitrogens is 2. The Balaban J connectivity index is 2.38. The number of aromatic amines is 1. The normalized spacial score (nSPS) is 12.2. The van der Waals surface area contributed by atoms with E-state index in [1.165, 1.54) is 18.2 Å². The molecular weight excluding hydrogens is 412 g/mol. The zero-order valence-corrected chi connectivity index (χ0v) is 16.5. The number of nitrogens with one attached hydrogen (secondary N) is 1. The molecule has 0 fully saturated rings. The Morgan fingerprint density at radius 3 is 2.11 bits per heavy atom. The number of carbonyl (C=O) groups is 2. The number of H-pyrrole nitrogens is 1. The lowest BCUT2D eigenvalue weighted by molar-refractivity contribution is 0.0745. The number of carbonyl (C=O) groups excluding carboxylic acids is 2. The van der Waals surface area contributed by atoms with Crippen LogP contribution in [-0.2, 0) is 28.6 Å². The Morgan fingerprint density at radius 2 is 1.54 bits per heavy atom. The maximum absolute atomic E-state index is 12.5. The van der Waals surface area contributed by atoms with Gasteiger partial charge in [0, 0.05) is 10.8 Å². The molecule has 12 heteroatoms. The van der Waals surface area contributed by atoms with Crippen LogP contribution in [0, 0.1) is 6.92 Å². The summed E-state index contributed by atoms with van der Waals surface area (Å²) in [4.78, 5) is 32.0. The summed E-state index contributed by atoms with van der Waals surface area (Å²) < 4.78 is 54.3. The van der Waals surface area contributed by atoms with Gasteiger partial charge in [-0.3, -0.25) is 0 Å². The highest BCUT2D eigenvalue weighted by molar-refractivity contribution is 7.86. The first-order valence-corrected chi connectivity index (χ1v) is 11.3. The molecule has 0 spiro atoms. The fourth-order valence-electron chi connectivity index (χ4n) is 2.77. The van der Waals surface area contributed by atoms with Crippen LogP contribution >= 0.6 is 0 Å². The molecule has 0 aliphatic carbocycles. The highest BCUT2D eigenvalue weighted by Crippen LogP contribution is 2.31. The second-order valence-electron chi connectivity index (χ2n) is 6.02. The van der Waals surface area contributed by atoms with Crippen LogP contribution in [0.4, 0.5) is 0 Å². The molecule has 148 valence electrons. The minimum atomic E-state index is -4.14. The fraction of sp³-hybridized carbons (Fsp3) is 0.188. The number of hydrogen-bond acceptors (Lipinski definition) is 9. The van der Waals surface area contributed by atoms with E-state index in [2.05, 4.69) is 18.3 Å². The molecule has 0 aliphatic rings. The molecule has 0 unspecified atom stereocenters. The molecular formula is C16H14N2O8S2. The van der Waals surface area contributed by atoms with Gasteiger partial charge in [-0.05, 0) is 19.1 Å². The Morgan fingerprint density at radius 1 is 0.964 bits per heavy atom. The molecule has 2 aromatic carbocycles. The topological polar surface area (TPSA) is 150 Å². The van der Waals surface area contributed by atoms with Gasteiger partial charge >= 0.3 is 32.2 Å². The number of benzene rings is 2. The Hall–Kier alpha value is -2.99. The first-order chi connectivity index (χ1) is 12.9. The Kier molecular flexibility index (Phi) is 4.63. The van der Waals surface area contributed by atoms with Gasteiger partial charge in [0.1, 0.15) is 5.82 Å². The van der Waals surface area contributed by atoms with Crippen molar-refractivity contribution in [1.82, 2.24) is 9.97 Å². The lowest BCUT2D eigenvalue weighted by Crippen LogP contribution is -2.15. The fourth-order valence-corrected chi connectivity index (χ4v) is 3.50. The third-order valence-corrected chi connectivity index (χ3v) is 4.54. The van der Waals surface area contributed by atoms with Crippen molar-refractivity contribution in [2.45, 2.75) is 6.92 Å². The number of fused-ring (bicyclic) bond motifs is 3. The van der Waals surface area contributed by atoms with Crippen LogP contribution in [0.25, 0.3) is 21.8 Å². The summed E-state index contributed by atoms with van der Waals surface area (Å²) in [5.74, 6) is -1.96. The third kappa shape index (κ3) is 3.97. The van der Waals surface area contributed by atoms with Crippen molar-refractivity contribution < 1.29 is 34.8 Å². The maximum Gasteiger partial charge on any atom is 0.354 e. The van der Waals surface area contributed by atoms with Crippen molar-refractivity contribution in [2.24, 2.45) is 0 Å². The van der Waals surface area contributed by atoms with Gasteiger partial charge in [-0.2, -0.15) is 16.8 Å². The number of aryl methyl sites for hydroxylation is 1. The summed E-state index contributed by atoms with van der Waals surface area (Å²) in [6, 6.07) is 5.53. The molecule has 0 aliphatic heterocycles. The van der Waals surface area contributed by atoms with Gasteiger partial charge in [-0.25, -0.2) is 14.6 Å². The van der Waals surface area contributed by atoms with Crippen LogP contribution in [0.15, 0.2) is 24.3 Å². The summed E-state index contributed by atoms with van der Waals surface area (Å²) in [6.45, 7) is 1.67. The predicted molar refractivity (Wildman–Crippen MR) is 98.9 cm³/mol. The molecule has 3 aromatic rings. The molecule has 28 heavy (non-hydrogen) atoms. The van der Waals surface area contributed by atoms with Gasteiger partial charge in [0.15, 0.2) is 0 Å². The standard InChI is InChI=1S/C16H14N2O8S2/c1-8-17-12-7-11(16(20)26-28(3,23)24)13-9(14(12)18-8)5-4-6-10(13)15(19)25-27(2,21)22/h4-7H,1-3H3,(H,17,18). The van der Waals surface area contributed by atoms with E-state index in [1.807, 2.05) is 0 Å². The molecule has 10 nitrogen and oxygen atoms in total. The second-order valence-corrected chi connectivity index (χ2v) is 9.17. The van der Waals surface area contributed by atoms with Crippen molar-refractivity contribution in [3.8, 4) is 0 Å². The van der Waals surface area contributed by atoms with E-state index in [0.29, 0.717) is 34.8 Å². The van der Waals surface area contributed by atoms with Crippen molar-refractivity contribution >= 4 is 54.0 Å². The van der Waals surface area contributed by atoms with E-state index < -0.39 is 32.2 Å². The zero-order valence-electron chi connectivity index (χ0n) is 14.8. The van der Waals surface area contributed by atoms with E-state index in [9.17, 15) is 26.4 Å². The first-order valence-electron chi connectivity index (χ1n) is 7.65. The van der Waals surface area contributed by atoms with Crippen molar-refractivity contribution in [1.29, 1.82) is 0 Å². The molecule has 3 rings (SSSR count). The zero-order chi connectivity index (χ0) is 20.9. The summed E-state index contributed by atoms with van der Waals surface area (Å²) in [6.07, 6.45) is 1.40. The Bertz CT molecular complexity index is 1350. The number of hydrogen-bond donors (Lipinski definition) is 1. The van der Waals surface area contributed by atoms with Gasteiger partial charge in [0.2, 0.25) is 0 Å². The van der Waals surface area contributed by atoms with Crippen LogP contribution in [0.5, 0.6) is 0 Å². The molecule has 0 saturated carbocycles. The van der Waals surface area contributed by atoms with Crippen LogP contribution in [0.3, 0.4) is 0 Å².